The van der Waals surface area contributed by atoms with Crippen LogP contribution in [0.2, 0.25) is 0 Å². The molecule has 1 aromatic carbocycles. The van der Waals surface area contributed by atoms with Gasteiger partial charge in [0, 0.05) is 36.2 Å². The number of fused-ring (bicyclic) bond motifs is 3. The van der Waals surface area contributed by atoms with Crippen molar-refractivity contribution >= 4 is 38.6 Å². The molecule has 0 atom stereocenters. The van der Waals surface area contributed by atoms with Crippen molar-refractivity contribution < 1.29 is 26.8 Å². The van der Waals surface area contributed by atoms with Crippen LogP contribution < -0.4 is 15.4 Å². The molecule has 3 N–H and O–H groups in total. The highest BCUT2D eigenvalue weighted by Crippen LogP contribution is 2.33. The molecule has 4 rings (SSSR count). The molecule has 2 aromatic heterocycles. The highest BCUT2D eigenvalue weighted by molar-refractivity contribution is 7.89. The normalized spacial score (nSPS) is 13.8. The summed E-state index contributed by atoms with van der Waals surface area (Å²) in [5.41, 5.74) is 0.768. The number of primary sulfonamides is 1. The molecule has 0 saturated carbocycles. The van der Waals surface area contributed by atoms with Gasteiger partial charge in [-0.25, -0.2) is 37.1 Å². The summed E-state index contributed by atoms with van der Waals surface area (Å²) in [4.78, 5) is 33.0. The van der Waals surface area contributed by atoms with Gasteiger partial charge in [-0.2, -0.15) is 0 Å². The van der Waals surface area contributed by atoms with Crippen molar-refractivity contribution in [2.24, 2.45) is 5.14 Å². The number of anilines is 1. The quantitative estimate of drug-likeness (QED) is 0.587. The minimum atomic E-state index is -4.31. The summed E-state index contributed by atoms with van der Waals surface area (Å²) in [5, 5.41) is 7.94. The molecule has 0 aliphatic carbocycles. The van der Waals surface area contributed by atoms with Crippen molar-refractivity contribution in [3.8, 4) is 0 Å². The third-order valence-electron chi connectivity index (χ3n) is 4.84. The number of hydrogen-bond donors (Lipinski definition) is 2. The maximum Gasteiger partial charge on any atom is 0.322 e. The van der Waals surface area contributed by atoms with Gasteiger partial charge in [0.25, 0.3) is 0 Å². The van der Waals surface area contributed by atoms with Gasteiger partial charge in [-0.3, -0.25) is 9.69 Å². The number of nitrogens with one attached hydrogen (secondary N) is 1. The topological polar surface area (TPSA) is 135 Å². The van der Waals surface area contributed by atoms with Gasteiger partial charge >= 0.3 is 6.03 Å². The van der Waals surface area contributed by atoms with Crippen LogP contribution in [-0.4, -0.2) is 30.2 Å². The second-order valence-corrected chi connectivity index (χ2v) is 8.47. The summed E-state index contributed by atoms with van der Waals surface area (Å²) in [7, 11) is -4.31. The Hall–Kier alpha value is -3.51. The van der Waals surface area contributed by atoms with Crippen molar-refractivity contribution in [2.75, 3.05) is 4.90 Å². The number of nitrogens with two attached hydrogens (primary N) is 1. The summed E-state index contributed by atoms with van der Waals surface area (Å²) in [6.07, 6.45) is 1.46. The molecule has 31 heavy (non-hydrogen) atoms. The Morgan fingerprint density at radius 2 is 1.94 bits per heavy atom. The number of sulfonamides is 1. The molecule has 3 heterocycles. The molecule has 0 bridgehead atoms. The van der Waals surface area contributed by atoms with Crippen molar-refractivity contribution in [3.05, 3.63) is 58.9 Å². The van der Waals surface area contributed by atoms with Crippen LogP contribution in [-0.2, 0) is 23.1 Å². The van der Waals surface area contributed by atoms with E-state index in [1.54, 1.807) is 6.07 Å². The molecule has 0 saturated heterocycles. The second kappa shape index (κ2) is 7.32. The maximum atomic E-state index is 14.6. The minimum absolute atomic E-state index is 0.136. The summed E-state index contributed by atoms with van der Waals surface area (Å²) < 4.78 is 52.0. The van der Waals surface area contributed by atoms with Crippen LogP contribution in [0.3, 0.4) is 0 Å². The summed E-state index contributed by atoms with van der Waals surface area (Å²) in [6, 6.07) is 3.61. The highest BCUT2D eigenvalue weighted by Gasteiger charge is 2.29. The van der Waals surface area contributed by atoms with Crippen molar-refractivity contribution in [1.82, 2.24) is 15.3 Å². The van der Waals surface area contributed by atoms with E-state index in [-0.39, 0.29) is 23.7 Å². The molecule has 2 amide bonds. The first-order chi connectivity index (χ1) is 14.6. The lowest BCUT2D eigenvalue weighted by Gasteiger charge is -2.31. The third kappa shape index (κ3) is 3.70. The van der Waals surface area contributed by atoms with Crippen LogP contribution in [0.1, 0.15) is 28.5 Å². The number of carbonyl (C=O) groups is 2. The van der Waals surface area contributed by atoms with Crippen LogP contribution >= 0.6 is 0 Å². The highest BCUT2D eigenvalue weighted by atomic mass is 32.2. The zero-order valence-corrected chi connectivity index (χ0v) is 16.8. The first-order valence-electron chi connectivity index (χ1n) is 8.92. The van der Waals surface area contributed by atoms with Gasteiger partial charge in [0.15, 0.2) is 11.4 Å². The Labute approximate surface area is 174 Å². The molecular formula is C19H15F2N5O4S. The molecule has 160 valence electrons. The lowest BCUT2D eigenvalue weighted by molar-refractivity contribution is 0.101. The van der Waals surface area contributed by atoms with E-state index < -0.39 is 44.7 Å². The summed E-state index contributed by atoms with van der Waals surface area (Å²) in [5.74, 6) is -2.60. The molecule has 0 radical (unpaired) electrons. The Balaban J connectivity index is 1.84. The van der Waals surface area contributed by atoms with Crippen molar-refractivity contribution in [3.63, 3.8) is 0 Å². The van der Waals surface area contributed by atoms with Crippen LogP contribution in [0.25, 0.3) is 11.0 Å². The first kappa shape index (κ1) is 20.8. The number of aromatic nitrogens is 2. The molecular weight excluding hydrogens is 432 g/mol. The lowest BCUT2D eigenvalue weighted by Crippen LogP contribution is -2.44. The van der Waals surface area contributed by atoms with Gasteiger partial charge in [-0.05, 0) is 24.3 Å². The first-order valence-corrected chi connectivity index (χ1v) is 10.5. The predicted octanol–water partition coefficient (Wildman–Crippen LogP) is 1.99. The zero-order chi connectivity index (χ0) is 22.5. The monoisotopic (exact) mass is 447 g/mol. The Morgan fingerprint density at radius 3 is 2.55 bits per heavy atom. The predicted molar refractivity (Wildman–Crippen MR) is 106 cm³/mol. The van der Waals surface area contributed by atoms with E-state index in [0.717, 1.165) is 4.90 Å². The summed E-state index contributed by atoms with van der Waals surface area (Å²) in [6.45, 7) is 0.954. The smallest absolute Gasteiger partial charge is 0.322 e. The van der Waals surface area contributed by atoms with Crippen LogP contribution in [0.15, 0.2) is 35.4 Å². The molecule has 12 heteroatoms. The van der Waals surface area contributed by atoms with Gasteiger partial charge in [0.1, 0.15) is 17.3 Å². The largest absolute Gasteiger partial charge is 0.333 e. The Kier molecular flexibility index (Phi) is 4.90. The van der Waals surface area contributed by atoms with E-state index in [0.29, 0.717) is 28.8 Å². The van der Waals surface area contributed by atoms with E-state index in [1.165, 1.54) is 19.2 Å². The number of halogens is 2. The fraction of sp³-hybridized carbons (Fsp3) is 0.158. The molecule has 0 unspecified atom stereocenters. The Bertz CT molecular complexity index is 1350. The second-order valence-electron chi connectivity index (χ2n) is 6.91. The average Bonchev–Trinajstić information content (AvgIpc) is 2.70. The lowest BCUT2D eigenvalue weighted by atomic mass is 10.1. The number of nitrogens with zero attached hydrogens (tertiary/aromatic N) is 3. The van der Waals surface area contributed by atoms with Crippen LogP contribution in [0.5, 0.6) is 0 Å². The van der Waals surface area contributed by atoms with E-state index in [1.807, 2.05) is 0 Å². The molecule has 3 aromatic rings. The Morgan fingerprint density at radius 1 is 1.26 bits per heavy atom. The van der Waals surface area contributed by atoms with Crippen molar-refractivity contribution in [1.29, 1.82) is 0 Å². The average molecular weight is 447 g/mol. The molecule has 9 nitrogen and oxygen atoms in total. The van der Waals surface area contributed by atoms with Gasteiger partial charge in [0.05, 0.1) is 17.1 Å². The van der Waals surface area contributed by atoms with Crippen molar-refractivity contribution in [2.45, 2.75) is 24.9 Å². The number of amides is 2. The minimum Gasteiger partial charge on any atom is -0.333 e. The molecule has 0 spiro atoms. The van der Waals surface area contributed by atoms with Crippen LogP contribution in [0, 0.1) is 11.6 Å². The number of carbonyl (C=O) groups excluding carboxylic acids is 2. The zero-order valence-electron chi connectivity index (χ0n) is 16.0. The maximum absolute atomic E-state index is 14.6. The number of urea groups is 1. The van der Waals surface area contributed by atoms with Gasteiger partial charge in [0.2, 0.25) is 10.0 Å². The van der Waals surface area contributed by atoms with E-state index in [4.69, 9.17) is 5.14 Å². The fourth-order valence-corrected chi connectivity index (χ4v) is 3.86. The molecule has 1 aliphatic heterocycles. The number of hydrogen-bond acceptors (Lipinski definition) is 6. The standard InChI is InChI=1S/C19H15F2N5O4S/c1-9(27)16-3-2-12-17-10(6-23-18(12)25-16)7-24-19(28)26(17)8-13-14(20)4-11(5-15(13)21)31(22,29)30/h2-6H,7-8H2,1H3,(H,24,28)(H2,22,29,30). The SMILES string of the molecule is CC(=O)c1ccc2c3c(cnc2n1)CNC(=O)N3Cc1c(F)cc(S(N)(=O)=O)cc1F. The van der Waals surface area contributed by atoms with E-state index >= 15 is 0 Å². The third-order valence-corrected chi connectivity index (χ3v) is 5.74. The number of ketones is 1. The number of rotatable bonds is 4. The number of pyridine rings is 2. The fourth-order valence-electron chi connectivity index (χ4n) is 3.32. The molecule has 0 fully saturated rings. The number of benzene rings is 1. The number of Topliss-reactive ketones (excluding diaryl/α,β-unsaturated/α-hetero) is 1. The van der Waals surface area contributed by atoms with E-state index in [9.17, 15) is 26.8 Å². The van der Waals surface area contributed by atoms with Gasteiger partial charge < -0.3 is 5.32 Å². The van der Waals surface area contributed by atoms with E-state index in [2.05, 4.69) is 15.3 Å². The molecule has 1 aliphatic rings. The van der Waals surface area contributed by atoms with Crippen LogP contribution in [0.4, 0.5) is 19.3 Å². The summed E-state index contributed by atoms with van der Waals surface area (Å²) >= 11 is 0. The van der Waals surface area contributed by atoms with Gasteiger partial charge in [-0.15, -0.1) is 0 Å². The van der Waals surface area contributed by atoms with Gasteiger partial charge in [-0.1, -0.05) is 0 Å².